The van der Waals surface area contributed by atoms with Crippen LogP contribution in [-0.2, 0) is 6.54 Å². The van der Waals surface area contributed by atoms with E-state index in [1.165, 1.54) is 11.1 Å². The van der Waals surface area contributed by atoms with Gasteiger partial charge in [0.15, 0.2) is 0 Å². The second-order valence-corrected chi connectivity index (χ2v) is 4.30. The van der Waals surface area contributed by atoms with Crippen LogP contribution < -0.4 is 5.32 Å². The Morgan fingerprint density at radius 2 is 2.20 bits per heavy atom. The van der Waals surface area contributed by atoms with Crippen molar-refractivity contribution in [1.82, 2.24) is 5.32 Å². The molecule has 1 atom stereocenters. The lowest BCUT2D eigenvalue weighted by Crippen LogP contribution is -2.26. The molecule has 3 heteroatoms. The minimum atomic E-state index is 0.230. The van der Waals surface area contributed by atoms with Crippen LogP contribution in [0.25, 0.3) is 0 Å². The van der Waals surface area contributed by atoms with Gasteiger partial charge < -0.3 is 10.4 Å². The van der Waals surface area contributed by atoms with Gasteiger partial charge in [-0.2, -0.15) is 0 Å². The number of aryl methyl sites for hydroxylation is 1. The smallest absolute Gasteiger partial charge is 0.0445 e. The largest absolute Gasteiger partial charge is 0.396 e. The van der Waals surface area contributed by atoms with E-state index in [0.29, 0.717) is 6.04 Å². The second kappa shape index (κ2) is 6.11. The lowest BCUT2D eigenvalue weighted by Gasteiger charge is -2.13. The van der Waals surface area contributed by atoms with E-state index in [4.69, 9.17) is 16.7 Å². The molecule has 0 aromatic heterocycles. The maximum Gasteiger partial charge on any atom is 0.0445 e. The van der Waals surface area contributed by atoms with Crippen LogP contribution in [0.15, 0.2) is 18.2 Å². The maximum absolute atomic E-state index is 8.77. The van der Waals surface area contributed by atoms with Crippen molar-refractivity contribution in [3.05, 3.63) is 34.3 Å². The van der Waals surface area contributed by atoms with Gasteiger partial charge in [0.2, 0.25) is 0 Å². The van der Waals surface area contributed by atoms with E-state index in [1.807, 2.05) is 18.2 Å². The van der Waals surface area contributed by atoms with Gasteiger partial charge in [-0.25, -0.2) is 0 Å². The van der Waals surface area contributed by atoms with Gasteiger partial charge in [0.25, 0.3) is 0 Å². The van der Waals surface area contributed by atoms with Crippen LogP contribution in [0.4, 0.5) is 0 Å². The first kappa shape index (κ1) is 12.5. The van der Waals surface area contributed by atoms with Crippen LogP contribution in [0.1, 0.15) is 24.5 Å². The Morgan fingerprint density at radius 3 is 2.80 bits per heavy atom. The quantitative estimate of drug-likeness (QED) is 0.810. The number of benzene rings is 1. The highest BCUT2D eigenvalue weighted by molar-refractivity contribution is 6.30. The van der Waals surface area contributed by atoms with Crippen LogP contribution in [0.3, 0.4) is 0 Å². The number of nitrogens with one attached hydrogen (secondary N) is 1. The van der Waals surface area contributed by atoms with E-state index in [-0.39, 0.29) is 6.61 Å². The molecule has 1 aromatic rings. The molecule has 0 fully saturated rings. The van der Waals surface area contributed by atoms with E-state index in [1.54, 1.807) is 0 Å². The van der Waals surface area contributed by atoms with Crippen molar-refractivity contribution < 1.29 is 5.11 Å². The summed E-state index contributed by atoms with van der Waals surface area (Å²) in [6, 6.07) is 6.25. The summed E-state index contributed by atoms with van der Waals surface area (Å²) in [6.45, 7) is 5.18. The molecule has 2 nitrogen and oxygen atoms in total. The molecule has 0 saturated carbocycles. The highest BCUT2D eigenvalue weighted by Crippen LogP contribution is 2.15. The molecule has 0 aliphatic rings. The minimum Gasteiger partial charge on any atom is -0.396 e. The molecule has 1 aromatic carbocycles. The lowest BCUT2D eigenvalue weighted by molar-refractivity contribution is 0.268. The normalized spacial score (nSPS) is 12.8. The summed E-state index contributed by atoms with van der Waals surface area (Å²) in [5.41, 5.74) is 2.45. The molecule has 0 unspecified atom stereocenters. The predicted molar refractivity (Wildman–Crippen MR) is 64.2 cm³/mol. The third-order valence-corrected chi connectivity index (χ3v) is 2.74. The SMILES string of the molecule is Cc1cc(Cl)ccc1CN[C@@H](C)CCO. The highest BCUT2D eigenvalue weighted by atomic mass is 35.5. The summed E-state index contributed by atoms with van der Waals surface area (Å²) in [5.74, 6) is 0. The van der Waals surface area contributed by atoms with E-state index in [2.05, 4.69) is 19.2 Å². The van der Waals surface area contributed by atoms with Crippen LogP contribution in [0.2, 0.25) is 5.02 Å². The van der Waals surface area contributed by atoms with Crippen molar-refractivity contribution in [2.24, 2.45) is 0 Å². The predicted octanol–water partition coefficient (Wildman–Crippen LogP) is 2.51. The third kappa shape index (κ3) is 4.20. The van der Waals surface area contributed by atoms with Crippen LogP contribution in [0.5, 0.6) is 0 Å². The summed E-state index contributed by atoms with van der Waals surface area (Å²) < 4.78 is 0. The molecule has 0 amide bonds. The Balaban J connectivity index is 2.50. The number of hydrogen-bond donors (Lipinski definition) is 2. The Kier molecular flexibility index (Phi) is 5.09. The zero-order valence-electron chi connectivity index (χ0n) is 9.26. The highest BCUT2D eigenvalue weighted by Gasteiger charge is 2.02. The van der Waals surface area contributed by atoms with Gasteiger partial charge >= 0.3 is 0 Å². The van der Waals surface area contributed by atoms with Crippen LogP contribution in [-0.4, -0.2) is 17.8 Å². The topological polar surface area (TPSA) is 32.3 Å². The van der Waals surface area contributed by atoms with E-state index in [9.17, 15) is 0 Å². The van der Waals surface area contributed by atoms with Gasteiger partial charge in [-0.3, -0.25) is 0 Å². The van der Waals surface area contributed by atoms with Gasteiger partial charge in [-0.05, 0) is 43.5 Å². The summed E-state index contributed by atoms with van der Waals surface area (Å²) in [6.07, 6.45) is 0.784. The maximum atomic E-state index is 8.77. The van der Waals surface area contributed by atoms with Crippen molar-refractivity contribution in [3.8, 4) is 0 Å². The molecular formula is C12H18ClNO. The fourth-order valence-electron chi connectivity index (χ4n) is 1.44. The summed E-state index contributed by atoms with van der Waals surface area (Å²) in [4.78, 5) is 0. The Bertz CT molecular complexity index is 314. The molecule has 1 rings (SSSR count). The van der Waals surface area contributed by atoms with Crippen molar-refractivity contribution in [3.63, 3.8) is 0 Å². The molecule has 0 saturated heterocycles. The van der Waals surface area contributed by atoms with E-state index >= 15 is 0 Å². The van der Waals surface area contributed by atoms with Crippen molar-refractivity contribution in [2.75, 3.05) is 6.61 Å². The Hall–Kier alpha value is -0.570. The third-order valence-electron chi connectivity index (χ3n) is 2.51. The Morgan fingerprint density at radius 1 is 1.47 bits per heavy atom. The van der Waals surface area contributed by atoms with Crippen molar-refractivity contribution >= 4 is 11.6 Å². The van der Waals surface area contributed by atoms with Crippen molar-refractivity contribution in [1.29, 1.82) is 0 Å². The molecule has 0 aliphatic heterocycles. The molecule has 84 valence electrons. The van der Waals surface area contributed by atoms with Crippen molar-refractivity contribution in [2.45, 2.75) is 32.9 Å². The molecule has 15 heavy (non-hydrogen) atoms. The summed E-state index contributed by atoms with van der Waals surface area (Å²) in [5, 5.41) is 12.9. The van der Waals surface area contributed by atoms with Crippen LogP contribution in [0, 0.1) is 6.92 Å². The molecule has 0 spiro atoms. The standard InChI is InChI=1S/C12H18ClNO/c1-9-7-12(13)4-3-11(9)8-14-10(2)5-6-15/h3-4,7,10,14-15H,5-6,8H2,1-2H3/t10-/m0/s1. The van der Waals surface area contributed by atoms with Gasteiger partial charge in [0, 0.05) is 24.2 Å². The van der Waals surface area contributed by atoms with E-state index < -0.39 is 0 Å². The summed E-state index contributed by atoms with van der Waals surface area (Å²) >= 11 is 5.88. The zero-order valence-corrected chi connectivity index (χ0v) is 10.0. The first-order valence-electron chi connectivity index (χ1n) is 5.22. The molecular weight excluding hydrogens is 210 g/mol. The lowest BCUT2D eigenvalue weighted by atomic mass is 10.1. The van der Waals surface area contributed by atoms with Crippen LogP contribution >= 0.6 is 11.6 Å². The molecule has 2 N–H and O–H groups in total. The fraction of sp³-hybridized carbons (Fsp3) is 0.500. The Labute approximate surface area is 96.3 Å². The summed E-state index contributed by atoms with van der Waals surface area (Å²) in [7, 11) is 0. The minimum absolute atomic E-state index is 0.230. The number of aliphatic hydroxyl groups excluding tert-OH is 1. The average Bonchev–Trinajstić information content (AvgIpc) is 2.17. The van der Waals surface area contributed by atoms with Gasteiger partial charge in [-0.15, -0.1) is 0 Å². The fourth-order valence-corrected chi connectivity index (χ4v) is 1.66. The number of rotatable bonds is 5. The van der Waals surface area contributed by atoms with E-state index in [0.717, 1.165) is 18.0 Å². The number of hydrogen-bond acceptors (Lipinski definition) is 2. The van der Waals surface area contributed by atoms with Gasteiger partial charge in [0.05, 0.1) is 0 Å². The first-order chi connectivity index (χ1) is 7.13. The molecule has 0 aliphatic carbocycles. The van der Waals surface area contributed by atoms with Gasteiger partial charge in [-0.1, -0.05) is 17.7 Å². The second-order valence-electron chi connectivity index (χ2n) is 3.87. The zero-order chi connectivity index (χ0) is 11.3. The average molecular weight is 228 g/mol. The first-order valence-corrected chi connectivity index (χ1v) is 5.60. The molecule has 0 radical (unpaired) electrons. The number of halogens is 1. The molecule has 0 bridgehead atoms. The number of aliphatic hydroxyl groups is 1. The monoisotopic (exact) mass is 227 g/mol. The molecule has 0 heterocycles. The van der Waals surface area contributed by atoms with Gasteiger partial charge in [0.1, 0.15) is 0 Å².